The topological polar surface area (TPSA) is 46.1 Å². The van der Waals surface area contributed by atoms with Crippen LogP contribution in [0.2, 0.25) is 0 Å². The Labute approximate surface area is 118 Å². The summed E-state index contributed by atoms with van der Waals surface area (Å²) in [6.45, 7) is 2.50. The van der Waals surface area contributed by atoms with E-state index in [9.17, 15) is 4.79 Å². The van der Waals surface area contributed by atoms with Crippen molar-refractivity contribution in [2.45, 2.75) is 32.4 Å². The number of aryl methyl sites for hydroxylation is 1. The predicted octanol–water partition coefficient (Wildman–Crippen LogP) is 2.59. The van der Waals surface area contributed by atoms with Crippen LogP contribution in [0.3, 0.4) is 0 Å². The highest BCUT2D eigenvalue weighted by molar-refractivity contribution is 5.92. The van der Waals surface area contributed by atoms with Gasteiger partial charge in [-0.1, -0.05) is 30.3 Å². The lowest BCUT2D eigenvalue weighted by atomic mass is 10.2. The van der Waals surface area contributed by atoms with Crippen LogP contribution in [0.4, 0.5) is 0 Å². The van der Waals surface area contributed by atoms with Gasteiger partial charge in [0.15, 0.2) is 0 Å². The lowest BCUT2D eigenvalue weighted by Crippen LogP contribution is -2.33. The van der Waals surface area contributed by atoms with Gasteiger partial charge < -0.3 is 4.90 Å². The van der Waals surface area contributed by atoms with Gasteiger partial charge in [0, 0.05) is 18.8 Å². The Morgan fingerprint density at radius 3 is 2.55 bits per heavy atom. The molecule has 0 unspecified atom stereocenters. The van der Waals surface area contributed by atoms with E-state index < -0.39 is 0 Å². The molecule has 0 N–H and O–H groups in total. The molecule has 4 nitrogen and oxygen atoms in total. The van der Waals surface area contributed by atoms with Gasteiger partial charge in [-0.3, -0.25) is 9.78 Å². The van der Waals surface area contributed by atoms with Crippen LogP contribution in [0, 0.1) is 6.92 Å². The third-order valence-corrected chi connectivity index (χ3v) is 3.44. The van der Waals surface area contributed by atoms with Crippen LogP contribution in [0.25, 0.3) is 0 Å². The van der Waals surface area contributed by atoms with E-state index in [1.807, 2.05) is 42.2 Å². The summed E-state index contributed by atoms with van der Waals surface area (Å²) in [6.07, 6.45) is 5.37. The molecule has 0 radical (unpaired) electrons. The average Bonchev–Trinajstić information content (AvgIpc) is 3.30. The van der Waals surface area contributed by atoms with Gasteiger partial charge in [-0.2, -0.15) is 0 Å². The highest BCUT2D eigenvalue weighted by Crippen LogP contribution is 2.29. The van der Waals surface area contributed by atoms with Crippen molar-refractivity contribution in [1.29, 1.82) is 0 Å². The van der Waals surface area contributed by atoms with Crippen molar-refractivity contribution >= 4 is 5.91 Å². The molecule has 1 heterocycles. The molecule has 1 aliphatic rings. The Morgan fingerprint density at radius 1 is 1.20 bits per heavy atom. The molecule has 0 saturated heterocycles. The number of nitrogens with zero attached hydrogens (tertiary/aromatic N) is 3. The van der Waals surface area contributed by atoms with Crippen molar-refractivity contribution in [3.8, 4) is 0 Å². The summed E-state index contributed by atoms with van der Waals surface area (Å²) in [6, 6.07) is 10.4. The molecule has 3 rings (SSSR count). The third-order valence-electron chi connectivity index (χ3n) is 3.44. The minimum atomic E-state index is -0.0242. The van der Waals surface area contributed by atoms with E-state index >= 15 is 0 Å². The molecule has 1 amide bonds. The van der Waals surface area contributed by atoms with Crippen molar-refractivity contribution in [3.05, 3.63) is 59.7 Å². The summed E-state index contributed by atoms with van der Waals surface area (Å²) in [7, 11) is 0. The van der Waals surface area contributed by atoms with Crippen molar-refractivity contribution < 1.29 is 4.79 Å². The Bertz CT molecular complexity index is 591. The van der Waals surface area contributed by atoms with Crippen LogP contribution in [-0.4, -0.2) is 26.8 Å². The minimum Gasteiger partial charge on any atom is -0.330 e. The Hall–Kier alpha value is -2.23. The zero-order valence-electron chi connectivity index (χ0n) is 11.5. The van der Waals surface area contributed by atoms with Gasteiger partial charge in [0.25, 0.3) is 5.91 Å². The number of amides is 1. The summed E-state index contributed by atoms with van der Waals surface area (Å²) in [5.41, 5.74) is 2.40. The first-order valence-corrected chi connectivity index (χ1v) is 6.87. The largest absolute Gasteiger partial charge is 0.330 e. The number of carbonyl (C=O) groups is 1. The summed E-state index contributed by atoms with van der Waals surface area (Å²) in [4.78, 5) is 22.8. The van der Waals surface area contributed by atoms with Crippen molar-refractivity contribution in [2.24, 2.45) is 0 Å². The molecule has 1 aromatic carbocycles. The second kappa shape index (κ2) is 5.41. The first-order chi connectivity index (χ1) is 9.74. The van der Waals surface area contributed by atoms with Crippen molar-refractivity contribution in [2.75, 3.05) is 0 Å². The highest BCUT2D eigenvalue weighted by atomic mass is 16.2. The molecule has 1 saturated carbocycles. The van der Waals surface area contributed by atoms with Crippen LogP contribution in [-0.2, 0) is 6.54 Å². The van der Waals surface area contributed by atoms with E-state index in [2.05, 4.69) is 9.97 Å². The van der Waals surface area contributed by atoms with Crippen LogP contribution in [0.1, 0.15) is 34.6 Å². The Morgan fingerprint density at radius 2 is 1.95 bits per heavy atom. The zero-order valence-corrected chi connectivity index (χ0v) is 11.5. The van der Waals surface area contributed by atoms with Crippen molar-refractivity contribution in [3.63, 3.8) is 0 Å². The quantitative estimate of drug-likeness (QED) is 0.855. The summed E-state index contributed by atoms with van der Waals surface area (Å²) < 4.78 is 0. The fourth-order valence-electron chi connectivity index (χ4n) is 2.18. The Kier molecular flexibility index (Phi) is 3.46. The van der Waals surface area contributed by atoms with E-state index in [0.717, 1.165) is 24.1 Å². The molecule has 102 valence electrons. The van der Waals surface area contributed by atoms with E-state index in [4.69, 9.17) is 0 Å². The lowest BCUT2D eigenvalue weighted by Gasteiger charge is -2.22. The first kappa shape index (κ1) is 12.8. The molecule has 1 fully saturated rings. The van der Waals surface area contributed by atoms with Crippen LogP contribution < -0.4 is 0 Å². The van der Waals surface area contributed by atoms with E-state index in [-0.39, 0.29) is 5.91 Å². The molecule has 20 heavy (non-hydrogen) atoms. The SMILES string of the molecule is Cc1cnc(C(=O)N(Cc2ccccc2)C2CC2)cn1. The number of aromatic nitrogens is 2. The third kappa shape index (κ3) is 2.85. The maximum atomic E-state index is 12.6. The molecule has 0 bridgehead atoms. The highest BCUT2D eigenvalue weighted by Gasteiger charge is 2.33. The van der Waals surface area contributed by atoms with Crippen molar-refractivity contribution in [1.82, 2.24) is 14.9 Å². The van der Waals surface area contributed by atoms with E-state index in [1.165, 1.54) is 0 Å². The molecule has 0 spiro atoms. The standard InChI is InChI=1S/C16H17N3O/c1-12-9-18-15(10-17-12)16(20)19(14-7-8-14)11-13-5-3-2-4-6-13/h2-6,9-10,14H,7-8,11H2,1H3. The normalized spacial score (nSPS) is 14.1. The number of hydrogen-bond acceptors (Lipinski definition) is 3. The van der Waals surface area contributed by atoms with Gasteiger partial charge >= 0.3 is 0 Å². The fourth-order valence-corrected chi connectivity index (χ4v) is 2.18. The smallest absolute Gasteiger partial charge is 0.274 e. The molecular formula is C16H17N3O. The molecule has 4 heteroatoms. The summed E-state index contributed by atoms with van der Waals surface area (Å²) >= 11 is 0. The minimum absolute atomic E-state index is 0.0242. The van der Waals surface area contributed by atoms with Gasteiger partial charge in [-0.05, 0) is 25.3 Å². The maximum Gasteiger partial charge on any atom is 0.274 e. The fraction of sp³-hybridized carbons (Fsp3) is 0.312. The molecule has 2 aromatic rings. The Balaban J connectivity index is 1.80. The summed E-state index contributed by atoms with van der Waals surface area (Å²) in [5, 5.41) is 0. The number of benzene rings is 1. The second-order valence-electron chi connectivity index (χ2n) is 5.19. The predicted molar refractivity (Wildman–Crippen MR) is 76.1 cm³/mol. The molecule has 1 aliphatic carbocycles. The van der Waals surface area contributed by atoms with E-state index in [1.54, 1.807) is 12.4 Å². The maximum absolute atomic E-state index is 12.6. The van der Waals surface area contributed by atoms with Gasteiger partial charge in [0.2, 0.25) is 0 Å². The van der Waals surface area contributed by atoms with Crippen LogP contribution >= 0.6 is 0 Å². The monoisotopic (exact) mass is 267 g/mol. The number of carbonyl (C=O) groups excluding carboxylic acids is 1. The van der Waals surface area contributed by atoms with E-state index in [0.29, 0.717) is 18.3 Å². The van der Waals surface area contributed by atoms with Crippen LogP contribution in [0.15, 0.2) is 42.7 Å². The summed E-state index contributed by atoms with van der Waals surface area (Å²) in [5.74, 6) is -0.0242. The molecule has 1 aromatic heterocycles. The average molecular weight is 267 g/mol. The molecular weight excluding hydrogens is 250 g/mol. The number of hydrogen-bond donors (Lipinski definition) is 0. The number of rotatable bonds is 4. The van der Waals surface area contributed by atoms with Gasteiger partial charge in [-0.25, -0.2) is 4.98 Å². The van der Waals surface area contributed by atoms with Crippen LogP contribution in [0.5, 0.6) is 0 Å². The lowest BCUT2D eigenvalue weighted by molar-refractivity contribution is 0.0723. The molecule has 0 aliphatic heterocycles. The first-order valence-electron chi connectivity index (χ1n) is 6.87. The van der Waals surface area contributed by atoms with Gasteiger partial charge in [-0.15, -0.1) is 0 Å². The second-order valence-corrected chi connectivity index (χ2v) is 5.19. The molecule has 0 atom stereocenters. The van der Waals surface area contributed by atoms with Gasteiger partial charge in [0.05, 0.1) is 11.9 Å². The zero-order chi connectivity index (χ0) is 13.9. The van der Waals surface area contributed by atoms with Gasteiger partial charge in [0.1, 0.15) is 5.69 Å².